The predicted molar refractivity (Wildman–Crippen MR) is 49.7 cm³/mol. The van der Waals surface area contributed by atoms with E-state index in [0.717, 1.165) is 0 Å². The first-order chi connectivity index (χ1) is 5.99. The zero-order valence-electron chi connectivity index (χ0n) is 6.63. The molecule has 0 aliphatic rings. The first-order valence-corrected chi connectivity index (χ1v) is 6.00. The Morgan fingerprint density at radius 2 is 2.23 bits per heavy atom. The van der Waals surface area contributed by atoms with Crippen LogP contribution in [0.2, 0.25) is 0 Å². The summed E-state index contributed by atoms with van der Waals surface area (Å²) in [6.07, 6.45) is -0.167. The fourth-order valence-electron chi connectivity index (χ4n) is 0.782. The Morgan fingerprint density at radius 1 is 1.54 bits per heavy atom. The molecular weight excluding hydrogens is 212 g/mol. The van der Waals surface area contributed by atoms with Crippen molar-refractivity contribution < 1.29 is 17.8 Å². The third kappa shape index (κ3) is 3.67. The van der Waals surface area contributed by atoms with Crippen molar-refractivity contribution >= 4 is 27.2 Å². The molecule has 0 aliphatic heterocycles. The van der Waals surface area contributed by atoms with Crippen LogP contribution in [0, 0.1) is 0 Å². The number of thiophene rings is 1. The maximum Gasteiger partial charge on any atom is 0.265 e. The van der Waals surface area contributed by atoms with Gasteiger partial charge in [0, 0.05) is 6.42 Å². The van der Waals surface area contributed by atoms with Crippen LogP contribution < -0.4 is 0 Å². The number of Topliss-reactive ketones (excluding diaryl/α,β-unsaturated/α-hetero) is 1. The molecule has 0 fully saturated rings. The summed E-state index contributed by atoms with van der Waals surface area (Å²) in [6, 6.07) is 3.34. The Balaban J connectivity index is 2.53. The zero-order valence-corrected chi connectivity index (χ0v) is 8.27. The van der Waals surface area contributed by atoms with Crippen LogP contribution in [0.3, 0.4) is 0 Å². The normalized spacial score (nSPS) is 11.5. The summed E-state index contributed by atoms with van der Waals surface area (Å²) in [5.74, 6) is -0.767. The maximum atomic E-state index is 11.2. The van der Waals surface area contributed by atoms with Gasteiger partial charge in [-0.25, -0.2) is 0 Å². The summed E-state index contributed by atoms with van der Waals surface area (Å²) in [6.45, 7) is 0. The Hall–Kier alpha value is -0.720. The number of carbonyl (C=O) groups is 1. The molecule has 0 atom stereocenters. The van der Waals surface area contributed by atoms with Gasteiger partial charge >= 0.3 is 0 Å². The van der Waals surface area contributed by atoms with Gasteiger partial charge in [0.05, 0.1) is 10.6 Å². The summed E-state index contributed by atoms with van der Waals surface area (Å²) in [5, 5.41) is 1.74. The van der Waals surface area contributed by atoms with Gasteiger partial charge in [-0.2, -0.15) is 8.42 Å². The van der Waals surface area contributed by atoms with E-state index < -0.39 is 15.9 Å². The molecule has 0 radical (unpaired) electrons. The molecule has 1 heterocycles. The molecule has 72 valence electrons. The highest BCUT2D eigenvalue weighted by Gasteiger charge is 2.11. The summed E-state index contributed by atoms with van der Waals surface area (Å²) < 4.78 is 29.0. The average Bonchev–Trinajstić information content (AvgIpc) is 2.50. The highest BCUT2D eigenvalue weighted by atomic mass is 32.2. The van der Waals surface area contributed by atoms with Crippen molar-refractivity contribution in [3.8, 4) is 0 Å². The molecule has 0 saturated carbocycles. The first kappa shape index (κ1) is 10.4. The molecule has 0 saturated heterocycles. The van der Waals surface area contributed by atoms with Crippen molar-refractivity contribution in [2.45, 2.75) is 6.42 Å². The molecule has 0 aromatic carbocycles. The number of carbonyl (C=O) groups excluding carboxylic acids is 1. The van der Waals surface area contributed by atoms with E-state index in [2.05, 4.69) is 0 Å². The van der Waals surface area contributed by atoms with Crippen LogP contribution in [0.1, 0.15) is 16.1 Å². The molecule has 1 rings (SSSR count). The lowest BCUT2D eigenvalue weighted by Gasteiger charge is -1.94. The minimum Gasteiger partial charge on any atom is -0.293 e. The molecule has 1 aromatic rings. The van der Waals surface area contributed by atoms with E-state index >= 15 is 0 Å². The van der Waals surface area contributed by atoms with Crippen LogP contribution in [-0.4, -0.2) is 24.5 Å². The summed E-state index contributed by atoms with van der Waals surface area (Å²) in [7, 11) is -4.03. The average molecular weight is 220 g/mol. The summed E-state index contributed by atoms with van der Waals surface area (Å²) in [5.41, 5.74) is 0. The van der Waals surface area contributed by atoms with Crippen LogP contribution in [0.5, 0.6) is 0 Å². The van der Waals surface area contributed by atoms with E-state index in [-0.39, 0.29) is 12.2 Å². The Morgan fingerprint density at radius 3 is 2.69 bits per heavy atom. The second kappa shape index (κ2) is 3.99. The zero-order chi connectivity index (χ0) is 9.90. The van der Waals surface area contributed by atoms with Crippen molar-refractivity contribution in [2.75, 3.05) is 5.75 Å². The molecule has 0 bridgehead atoms. The van der Waals surface area contributed by atoms with Crippen LogP contribution in [-0.2, 0) is 10.1 Å². The minimum atomic E-state index is -4.03. The van der Waals surface area contributed by atoms with Crippen LogP contribution >= 0.6 is 11.3 Å². The standard InChI is InChI=1S/C7H8O4S2/c8-6(3-5-13(9,10)11)7-2-1-4-12-7/h1-2,4H,3,5H2,(H,9,10,11). The van der Waals surface area contributed by atoms with Crippen molar-refractivity contribution in [1.29, 1.82) is 0 Å². The highest BCUT2D eigenvalue weighted by Crippen LogP contribution is 2.11. The van der Waals surface area contributed by atoms with E-state index in [0.29, 0.717) is 4.88 Å². The lowest BCUT2D eigenvalue weighted by Crippen LogP contribution is -2.08. The molecule has 0 amide bonds. The number of hydrogen-bond donors (Lipinski definition) is 1. The predicted octanol–water partition coefficient (Wildman–Crippen LogP) is 1.21. The van der Waals surface area contributed by atoms with Crippen molar-refractivity contribution in [3.05, 3.63) is 22.4 Å². The minimum absolute atomic E-state index is 0.167. The lowest BCUT2D eigenvalue weighted by atomic mass is 10.3. The quantitative estimate of drug-likeness (QED) is 0.611. The Bertz CT molecular complexity index is 377. The fourth-order valence-corrected chi connectivity index (χ4v) is 1.92. The molecule has 0 aliphatic carbocycles. The van der Waals surface area contributed by atoms with Gasteiger partial charge in [-0.3, -0.25) is 9.35 Å². The van der Waals surface area contributed by atoms with Gasteiger partial charge in [-0.05, 0) is 11.4 Å². The molecule has 6 heteroatoms. The van der Waals surface area contributed by atoms with Gasteiger partial charge in [0.25, 0.3) is 10.1 Å². The van der Waals surface area contributed by atoms with E-state index in [1.54, 1.807) is 17.5 Å². The van der Waals surface area contributed by atoms with Crippen LogP contribution in [0.15, 0.2) is 17.5 Å². The third-order valence-corrected chi connectivity index (χ3v) is 3.01. The van der Waals surface area contributed by atoms with Crippen LogP contribution in [0.4, 0.5) is 0 Å². The molecule has 0 spiro atoms. The summed E-state index contributed by atoms with van der Waals surface area (Å²) in [4.78, 5) is 11.7. The van der Waals surface area contributed by atoms with Gasteiger partial charge in [0.1, 0.15) is 0 Å². The summed E-state index contributed by atoms with van der Waals surface area (Å²) >= 11 is 1.26. The lowest BCUT2D eigenvalue weighted by molar-refractivity contribution is 0.0992. The molecule has 0 unspecified atom stereocenters. The van der Waals surface area contributed by atoms with Gasteiger partial charge in [0.2, 0.25) is 0 Å². The van der Waals surface area contributed by atoms with Crippen LogP contribution in [0.25, 0.3) is 0 Å². The second-order valence-corrected chi connectivity index (χ2v) is 4.96. The van der Waals surface area contributed by atoms with Gasteiger partial charge in [-0.1, -0.05) is 6.07 Å². The fraction of sp³-hybridized carbons (Fsp3) is 0.286. The molecule has 1 N–H and O–H groups in total. The largest absolute Gasteiger partial charge is 0.293 e. The SMILES string of the molecule is O=C(CCS(=O)(=O)O)c1cccs1. The van der Waals surface area contributed by atoms with E-state index in [1.165, 1.54) is 11.3 Å². The monoisotopic (exact) mass is 220 g/mol. The number of ketones is 1. The third-order valence-electron chi connectivity index (χ3n) is 1.38. The molecule has 13 heavy (non-hydrogen) atoms. The van der Waals surface area contributed by atoms with Gasteiger partial charge in [-0.15, -0.1) is 11.3 Å². The molecule has 1 aromatic heterocycles. The van der Waals surface area contributed by atoms with Gasteiger partial charge < -0.3 is 0 Å². The first-order valence-electron chi connectivity index (χ1n) is 3.51. The van der Waals surface area contributed by atoms with Crippen molar-refractivity contribution in [2.24, 2.45) is 0 Å². The van der Waals surface area contributed by atoms with Gasteiger partial charge in [0.15, 0.2) is 5.78 Å². The van der Waals surface area contributed by atoms with Crippen molar-refractivity contribution in [1.82, 2.24) is 0 Å². The smallest absolute Gasteiger partial charge is 0.265 e. The van der Waals surface area contributed by atoms with E-state index in [4.69, 9.17) is 4.55 Å². The maximum absolute atomic E-state index is 11.2. The topological polar surface area (TPSA) is 71.4 Å². The Kier molecular flexibility index (Phi) is 3.18. The number of rotatable bonds is 4. The van der Waals surface area contributed by atoms with E-state index in [9.17, 15) is 13.2 Å². The molecule has 4 nitrogen and oxygen atoms in total. The number of hydrogen-bond acceptors (Lipinski definition) is 4. The Labute approximate surface area is 80.0 Å². The molecular formula is C7H8O4S2. The second-order valence-electron chi connectivity index (χ2n) is 2.44. The highest BCUT2D eigenvalue weighted by molar-refractivity contribution is 7.85. The van der Waals surface area contributed by atoms with Crippen molar-refractivity contribution in [3.63, 3.8) is 0 Å². The van der Waals surface area contributed by atoms with E-state index in [1.807, 2.05) is 0 Å².